The number of carbonyl (C=O) groups is 1. The fourth-order valence-electron chi connectivity index (χ4n) is 11.0. The molecule has 3 unspecified atom stereocenters. The van der Waals surface area contributed by atoms with Gasteiger partial charge in [0.05, 0.1) is 39.9 Å². The Bertz CT molecular complexity index is 1410. The fraction of sp³-hybridized carbons (Fsp3) is 0.903. The topological polar surface area (TPSA) is 105 Å². The average Bonchev–Trinajstić information content (AvgIpc) is 3.43. The maximum atomic E-state index is 13.0. The number of nitrogens with zero attached hydrogens (tertiary/aromatic N) is 1. The number of aliphatic hydroxyl groups excluding tert-OH is 1. The third kappa shape index (κ3) is 66.1. The second-order valence-corrected chi connectivity index (χ2v) is 27.4. The zero-order chi connectivity index (χ0) is 59.1. The summed E-state index contributed by atoms with van der Waals surface area (Å²) < 4.78 is 23.8. The van der Waals surface area contributed by atoms with E-state index in [-0.39, 0.29) is 19.1 Å². The van der Waals surface area contributed by atoms with Crippen molar-refractivity contribution in [3.05, 3.63) is 36.5 Å². The molecule has 81 heavy (non-hydrogen) atoms. The maximum Gasteiger partial charge on any atom is 0.472 e. The predicted octanol–water partition coefficient (Wildman–Crippen LogP) is 22.8. The second-order valence-electron chi connectivity index (χ2n) is 26.0. The third-order valence-electron chi connectivity index (χ3n) is 16.6. The highest BCUT2D eigenvalue weighted by molar-refractivity contribution is 7.47. The van der Waals surface area contributed by atoms with Gasteiger partial charge >= 0.3 is 7.82 Å². The number of amides is 1. The molecule has 480 valence electrons. The zero-order valence-corrected chi connectivity index (χ0v) is 55.9. The van der Waals surface area contributed by atoms with Crippen molar-refractivity contribution >= 4 is 13.7 Å². The number of hydrogen-bond donors (Lipinski definition) is 3. The van der Waals surface area contributed by atoms with E-state index in [4.69, 9.17) is 9.05 Å². The van der Waals surface area contributed by atoms with Gasteiger partial charge in [-0.05, 0) is 57.8 Å². The molecule has 0 saturated carbocycles. The van der Waals surface area contributed by atoms with E-state index in [0.717, 1.165) is 38.5 Å². The van der Waals surface area contributed by atoms with Gasteiger partial charge in [-0.2, -0.15) is 0 Å². The van der Waals surface area contributed by atoms with Gasteiger partial charge in [0.15, 0.2) is 0 Å². The van der Waals surface area contributed by atoms with E-state index in [1.54, 1.807) is 6.08 Å². The normalized spacial score (nSPS) is 13.8. The smallest absolute Gasteiger partial charge is 0.387 e. The van der Waals surface area contributed by atoms with Gasteiger partial charge in [0, 0.05) is 6.42 Å². The van der Waals surface area contributed by atoms with E-state index in [2.05, 4.69) is 43.5 Å². The number of unbranched alkanes of at least 4 members (excludes halogenated alkanes) is 50. The van der Waals surface area contributed by atoms with Crippen LogP contribution in [0.2, 0.25) is 0 Å². The molecule has 0 saturated heterocycles. The lowest BCUT2D eigenvalue weighted by atomic mass is 10.0. The number of phosphoric ester groups is 1. The molecule has 3 N–H and O–H groups in total. The Balaban J connectivity index is 3.98. The van der Waals surface area contributed by atoms with Crippen molar-refractivity contribution in [2.75, 3.05) is 40.9 Å². The Kier molecular flexibility index (Phi) is 62.2. The molecule has 3 atom stereocenters. The molecule has 0 aromatic rings. The number of phosphoric acid groups is 1. The molecule has 9 heteroatoms. The molecule has 0 rings (SSSR count). The number of carbonyl (C=O) groups excluding carboxylic acids is 1. The van der Waals surface area contributed by atoms with Crippen molar-refractivity contribution in [2.24, 2.45) is 0 Å². The minimum Gasteiger partial charge on any atom is -0.387 e. The molecule has 0 aliphatic heterocycles. The van der Waals surface area contributed by atoms with Gasteiger partial charge in [0.2, 0.25) is 5.91 Å². The Morgan fingerprint density at radius 3 is 0.988 bits per heavy atom. The minimum absolute atomic E-state index is 0.0583. The highest BCUT2D eigenvalue weighted by Crippen LogP contribution is 2.43. The molecule has 0 bridgehead atoms. The first-order valence-corrected chi connectivity index (χ1v) is 37.4. The number of allylic oxidation sites excluding steroid dienone is 5. The summed E-state index contributed by atoms with van der Waals surface area (Å²) in [6.45, 7) is 4.85. The first kappa shape index (κ1) is 79.7. The van der Waals surface area contributed by atoms with Crippen LogP contribution in [-0.4, -0.2) is 73.4 Å². The van der Waals surface area contributed by atoms with E-state index in [1.807, 2.05) is 27.2 Å². The molecule has 0 aromatic heterocycles. The van der Waals surface area contributed by atoms with Crippen molar-refractivity contribution < 1.29 is 32.9 Å². The van der Waals surface area contributed by atoms with Gasteiger partial charge in [-0.15, -0.1) is 0 Å². The fourth-order valence-corrected chi connectivity index (χ4v) is 11.7. The molecule has 0 heterocycles. The number of hydrogen-bond acceptors (Lipinski definition) is 5. The molecule has 0 fully saturated rings. The SMILES string of the molecule is CCCCCCCCCC/C=C\CCCCCCCCCCCCCCCCCCCCCCCCCCCC(=O)NC(COP(=O)(O)OCC[N+](C)(C)C)C(O)/C=C/CC/C=C/CCCCCCCCCCCCCCCCCC. The first-order valence-electron chi connectivity index (χ1n) is 35.9. The van der Waals surface area contributed by atoms with Crippen molar-refractivity contribution in [1.82, 2.24) is 5.32 Å². The summed E-state index contributed by atoms with van der Waals surface area (Å²) in [5.41, 5.74) is 0. The quantitative estimate of drug-likeness (QED) is 0.0243. The lowest BCUT2D eigenvalue weighted by Gasteiger charge is -2.25. The predicted molar refractivity (Wildman–Crippen MR) is 355 cm³/mol. The summed E-state index contributed by atoms with van der Waals surface area (Å²) in [7, 11) is 1.57. The number of quaternary nitrogens is 1. The van der Waals surface area contributed by atoms with Crippen LogP contribution in [0.15, 0.2) is 36.5 Å². The van der Waals surface area contributed by atoms with E-state index in [1.165, 1.54) is 308 Å². The largest absolute Gasteiger partial charge is 0.472 e. The van der Waals surface area contributed by atoms with Gasteiger partial charge in [0.1, 0.15) is 13.2 Å². The molecular weight excluding hydrogens is 1020 g/mol. The molecular formula is C72H142N2O6P+. The van der Waals surface area contributed by atoms with Crippen molar-refractivity contribution in [2.45, 2.75) is 379 Å². The Hall–Kier alpha value is -1.28. The molecule has 0 aromatic carbocycles. The van der Waals surface area contributed by atoms with Gasteiger partial charge < -0.3 is 19.8 Å². The molecule has 0 aliphatic carbocycles. The van der Waals surface area contributed by atoms with Gasteiger partial charge in [-0.25, -0.2) is 4.57 Å². The monoisotopic (exact) mass is 1160 g/mol. The Morgan fingerprint density at radius 1 is 0.407 bits per heavy atom. The van der Waals surface area contributed by atoms with Crippen LogP contribution in [0.3, 0.4) is 0 Å². The summed E-state index contributed by atoms with van der Waals surface area (Å²) in [6.07, 6.45) is 84.6. The number of rotatable bonds is 67. The third-order valence-corrected chi connectivity index (χ3v) is 17.6. The Labute approximate surface area is 506 Å². The summed E-state index contributed by atoms with van der Waals surface area (Å²) in [5, 5.41) is 14.0. The molecule has 0 spiro atoms. The maximum absolute atomic E-state index is 13.0. The van der Waals surface area contributed by atoms with Crippen LogP contribution in [0, 0.1) is 0 Å². The summed E-state index contributed by atoms with van der Waals surface area (Å²) in [4.78, 5) is 23.4. The van der Waals surface area contributed by atoms with Crippen LogP contribution in [-0.2, 0) is 18.4 Å². The lowest BCUT2D eigenvalue weighted by molar-refractivity contribution is -0.870. The van der Waals surface area contributed by atoms with E-state index in [0.29, 0.717) is 17.4 Å². The van der Waals surface area contributed by atoms with Crippen molar-refractivity contribution in [1.29, 1.82) is 0 Å². The van der Waals surface area contributed by atoms with Crippen LogP contribution in [0.4, 0.5) is 0 Å². The number of nitrogens with one attached hydrogen (secondary N) is 1. The lowest BCUT2D eigenvalue weighted by Crippen LogP contribution is -2.45. The zero-order valence-electron chi connectivity index (χ0n) is 55.1. The van der Waals surface area contributed by atoms with E-state index < -0.39 is 20.0 Å². The molecule has 1 amide bonds. The van der Waals surface area contributed by atoms with Crippen LogP contribution in [0.1, 0.15) is 367 Å². The minimum atomic E-state index is -4.36. The summed E-state index contributed by atoms with van der Waals surface area (Å²) in [6, 6.07) is -0.863. The average molecular weight is 1160 g/mol. The first-order chi connectivity index (χ1) is 39.5. The highest BCUT2D eigenvalue weighted by Gasteiger charge is 2.28. The van der Waals surface area contributed by atoms with Crippen molar-refractivity contribution in [3.63, 3.8) is 0 Å². The van der Waals surface area contributed by atoms with Gasteiger partial charge in [0.25, 0.3) is 0 Å². The summed E-state index contributed by atoms with van der Waals surface area (Å²) >= 11 is 0. The molecule has 0 radical (unpaired) electrons. The standard InChI is InChI=1S/C72H141N2O6P/c1-6-8-10-12-14-16-18-20-22-24-26-28-30-31-32-33-34-35-36-37-38-39-40-41-42-43-44-46-48-50-52-54-56-58-60-62-64-66-72(76)73-70(69-80-81(77,78)79-68-67-74(3,4)5)71(75)65-63-61-59-57-55-53-51-49-47-45-29-27-25-23-21-19-17-15-13-11-9-7-2/h24,26,55,57,63,65,70-71,75H,6-23,25,27-54,56,58-62,64,66-69H2,1-5H3,(H-,73,76,77,78)/p+1/b26-24-,57-55+,65-63+. The van der Waals surface area contributed by atoms with Crippen LogP contribution in [0.5, 0.6) is 0 Å². The number of likely N-dealkylation sites (N-methyl/N-ethyl adjacent to an activating group) is 1. The van der Waals surface area contributed by atoms with Crippen LogP contribution < -0.4 is 5.32 Å². The highest BCUT2D eigenvalue weighted by atomic mass is 31.2. The van der Waals surface area contributed by atoms with Gasteiger partial charge in [-0.3, -0.25) is 13.8 Å². The van der Waals surface area contributed by atoms with E-state index in [9.17, 15) is 19.4 Å². The summed E-state index contributed by atoms with van der Waals surface area (Å²) in [5.74, 6) is -0.179. The van der Waals surface area contributed by atoms with Crippen LogP contribution >= 0.6 is 7.82 Å². The van der Waals surface area contributed by atoms with Crippen LogP contribution in [0.25, 0.3) is 0 Å². The molecule has 8 nitrogen and oxygen atoms in total. The van der Waals surface area contributed by atoms with E-state index >= 15 is 0 Å². The number of aliphatic hydroxyl groups is 1. The second kappa shape index (κ2) is 63.2. The molecule has 0 aliphatic rings. The van der Waals surface area contributed by atoms with Gasteiger partial charge in [-0.1, -0.05) is 339 Å². The Morgan fingerprint density at radius 2 is 0.679 bits per heavy atom. The van der Waals surface area contributed by atoms with Crippen molar-refractivity contribution in [3.8, 4) is 0 Å².